The van der Waals surface area contributed by atoms with E-state index in [0.717, 1.165) is 21.6 Å². The fraction of sp³-hybridized carbons (Fsp3) is 0.133. The van der Waals surface area contributed by atoms with E-state index in [0.29, 0.717) is 22.0 Å². The maximum Gasteiger partial charge on any atom is 0.306 e. The molecular weight excluding hydrogens is 511 g/mol. The van der Waals surface area contributed by atoms with Crippen molar-refractivity contribution in [3.05, 3.63) is 117 Å². The van der Waals surface area contributed by atoms with E-state index in [2.05, 4.69) is 24.3 Å². The van der Waals surface area contributed by atoms with E-state index in [1.807, 2.05) is 48.5 Å². The number of benzene rings is 4. The largest absolute Gasteiger partial charge is 0.465 e. The number of aryl methyl sites for hydroxylation is 1. The minimum Gasteiger partial charge on any atom is -0.465 e. The first-order valence-corrected chi connectivity index (χ1v) is 13.2. The number of halogens is 2. The number of aldehydes is 1. The molecule has 0 aliphatic heterocycles. The monoisotopic (exact) mass is 532 g/mol. The summed E-state index contributed by atoms with van der Waals surface area (Å²) in [4.78, 5) is 25.8. The quantitative estimate of drug-likeness (QED) is 0.169. The summed E-state index contributed by atoms with van der Waals surface area (Å²) in [7, 11) is 0. The van der Waals surface area contributed by atoms with Gasteiger partial charge in [0.15, 0.2) is 6.29 Å². The Morgan fingerprint density at radius 2 is 1.53 bits per heavy atom. The molecule has 0 unspecified atom stereocenters. The third-order valence-electron chi connectivity index (χ3n) is 6.32. The van der Waals surface area contributed by atoms with Crippen LogP contribution in [0.15, 0.2) is 94.7 Å². The van der Waals surface area contributed by atoms with Crippen molar-refractivity contribution in [2.24, 2.45) is 0 Å². The second-order valence-electron chi connectivity index (χ2n) is 8.54. The summed E-state index contributed by atoms with van der Waals surface area (Å²) >= 11 is 14.2. The lowest BCUT2D eigenvalue weighted by molar-refractivity contribution is -0.143. The van der Waals surface area contributed by atoms with Crippen molar-refractivity contribution in [2.75, 3.05) is 6.61 Å². The number of hydrogen-bond acceptors (Lipinski definition) is 4. The van der Waals surface area contributed by atoms with Gasteiger partial charge in [0.25, 0.3) is 0 Å². The summed E-state index contributed by atoms with van der Waals surface area (Å²) < 4.78 is 5.76. The van der Waals surface area contributed by atoms with Crippen LogP contribution in [0.4, 0.5) is 0 Å². The second kappa shape index (κ2) is 10.9. The van der Waals surface area contributed by atoms with Gasteiger partial charge in [-0.3, -0.25) is 9.59 Å². The van der Waals surface area contributed by atoms with E-state index in [4.69, 9.17) is 27.9 Å². The van der Waals surface area contributed by atoms with Gasteiger partial charge in [0.1, 0.15) is 6.61 Å². The normalized spacial score (nSPS) is 12.2. The zero-order valence-corrected chi connectivity index (χ0v) is 21.6. The molecule has 180 valence electrons. The Labute approximate surface area is 224 Å². The molecule has 5 rings (SSSR count). The Morgan fingerprint density at radius 3 is 2.22 bits per heavy atom. The molecule has 0 fully saturated rings. The van der Waals surface area contributed by atoms with Gasteiger partial charge in [0, 0.05) is 32.7 Å². The average Bonchev–Trinajstić information content (AvgIpc) is 3.22. The topological polar surface area (TPSA) is 43.4 Å². The van der Waals surface area contributed by atoms with Crippen molar-refractivity contribution in [3.63, 3.8) is 0 Å². The lowest BCUT2D eigenvalue weighted by Gasteiger charge is -2.15. The van der Waals surface area contributed by atoms with Crippen LogP contribution in [-0.2, 0) is 16.0 Å². The molecule has 1 aliphatic carbocycles. The summed E-state index contributed by atoms with van der Waals surface area (Å²) in [6, 6.07) is 27.3. The van der Waals surface area contributed by atoms with Crippen LogP contribution in [0.5, 0.6) is 0 Å². The minimum absolute atomic E-state index is 0.0212. The number of fused-ring (bicyclic) bond motifs is 3. The van der Waals surface area contributed by atoms with E-state index >= 15 is 0 Å². The average molecular weight is 533 g/mol. The Hall–Kier alpha value is -3.05. The highest BCUT2D eigenvalue weighted by Gasteiger charge is 2.29. The predicted molar refractivity (Wildman–Crippen MR) is 145 cm³/mol. The van der Waals surface area contributed by atoms with Crippen LogP contribution in [0.3, 0.4) is 0 Å². The molecule has 0 saturated carbocycles. The van der Waals surface area contributed by atoms with Crippen molar-refractivity contribution < 1.29 is 14.3 Å². The van der Waals surface area contributed by atoms with Gasteiger partial charge < -0.3 is 4.74 Å². The van der Waals surface area contributed by atoms with Gasteiger partial charge in [-0.25, -0.2) is 0 Å². The molecule has 1 aliphatic rings. The van der Waals surface area contributed by atoms with Gasteiger partial charge in [-0.15, -0.1) is 0 Å². The van der Waals surface area contributed by atoms with Gasteiger partial charge in [-0.05, 0) is 52.4 Å². The highest BCUT2D eigenvalue weighted by molar-refractivity contribution is 7.99. The van der Waals surface area contributed by atoms with Crippen molar-refractivity contribution in [1.29, 1.82) is 0 Å². The molecule has 0 atom stereocenters. The zero-order chi connectivity index (χ0) is 25.1. The number of ether oxygens (including phenoxy) is 1. The smallest absolute Gasteiger partial charge is 0.306 e. The zero-order valence-electron chi connectivity index (χ0n) is 19.2. The molecule has 0 spiro atoms. The standard InChI is InChI=1S/C30H22Cl2O3S/c31-21-15-19(30(27(32)16-21)36-28-12-6-1-7-20(28)17-33)13-14-29(34)35-18-26-24-10-4-2-8-22(24)23-9-3-5-11-25(23)26/h1-12,15-17,26H,13-14,18H2. The van der Waals surface area contributed by atoms with E-state index in [1.54, 1.807) is 12.1 Å². The SMILES string of the molecule is O=Cc1ccccc1Sc1c(Cl)cc(Cl)cc1CCC(=O)OCC1c2ccccc2-c2ccccc21. The van der Waals surface area contributed by atoms with Crippen LogP contribution in [0, 0.1) is 0 Å². The Kier molecular flexibility index (Phi) is 7.47. The number of carbonyl (C=O) groups is 2. The molecule has 0 saturated heterocycles. The van der Waals surface area contributed by atoms with Gasteiger partial charge in [0.05, 0.1) is 5.02 Å². The molecule has 4 aromatic rings. The van der Waals surface area contributed by atoms with Crippen molar-refractivity contribution in [1.82, 2.24) is 0 Å². The number of esters is 1. The Morgan fingerprint density at radius 1 is 0.889 bits per heavy atom. The van der Waals surface area contributed by atoms with E-state index < -0.39 is 0 Å². The molecule has 4 aromatic carbocycles. The van der Waals surface area contributed by atoms with Gasteiger partial charge >= 0.3 is 5.97 Å². The highest BCUT2D eigenvalue weighted by atomic mass is 35.5. The Balaban J connectivity index is 1.29. The van der Waals surface area contributed by atoms with Crippen LogP contribution < -0.4 is 0 Å². The van der Waals surface area contributed by atoms with Crippen LogP contribution >= 0.6 is 35.0 Å². The third kappa shape index (κ3) is 5.08. The highest BCUT2D eigenvalue weighted by Crippen LogP contribution is 2.44. The molecule has 6 heteroatoms. The lowest BCUT2D eigenvalue weighted by Crippen LogP contribution is -2.13. The van der Waals surface area contributed by atoms with Crippen LogP contribution in [-0.4, -0.2) is 18.9 Å². The fourth-order valence-electron chi connectivity index (χ4n) is 4.62. The van der Waals surface area contributed by atoms with Crippen LogP contribution in [0.1, 0.15) is 39.4 Å². The van der Waals surface area contributed by atoms with Crippen molar-refractivity contribution >= 4 is 47.2 Å². The molecular formula is C30H22Cl2O3S. The van der Waals surface area contributed by atoms with Crippen LogP contribution in [0.2, 0.25) is 10.0 Å². The molecule has 0 N–H and O–H groups in total. The third-order valence-corrected chi connectivity index (χ3v) is 8.22. The van der Waals surface area contributed by atoms with E-state index in [9.17, 15) is 9.59 Å². The predicted octanol–water partition coefficient (Wildman–Crippen LogP) is 8.25. The van der Waals surface area contributed by atoms with Crippen LogP contribution in [0.25, 0.3) is 11.1 Å². The van der Waals surface area contributed by atoms with E-state index in [1.165, 1.54) is 34.0 Å². The molecule has 0 heterocycles. The maximum absolute atomic E-state index is 12.8. The van der Waals surface area contributed by atoms with Crippen molar-refractivity contribution in [3.8, 4) is 11.1 Å². The second-order valence-corrected chi connectivity index (χ2v) is 10.4. The van der Waals surface area contributed by atoms with Gasteiger partial charge in [0.2, 0.25) is 0 Å². The number of hydrogen-bond donors (Lipinski definition) is 0. The first-order chi connectivity index (χ1) is 17.5. The summed E-state index contributed by atoms with van der Waals surface area (Å²) in [5.41, 5.74) is 6.17. The molecule has 36 heavy (non-hydrogen) atoms. The summed E-state index contributed by atoms with van der Waals surface area (Å²) in [6.07, 6.45) is 1.43. The molecule has 0 bridgehead atoms. The van der Waals surface area contributed by atoms with Gasteiger partial charge in [-0.1, -0.05) is 102 Å². The molecule has 3 nitrogen and oxygen atoms in total. The first-order valence-electron chi connectivity index (χ1n) is 11.6. The minimum atomic E-state index is -0.280. The van der Waals surface area contributed by atoms with E-state index in [-0.39, 0.29) is 24.9 Å². The maximum atomic E-state index is 12.8. The number of rotatable bonds is 8. The first kappa shape index (κ1) is 24.6. The number of carbonyl (C=O) groups excluding carboxylic acids is 2. The molecule has 0 aromatic heterocycles. The molecule has 0 radical (unpaired) electrons. The van der Waals surface area contributed by atoms with Gasteiger partial charge in [-0.2, -0.15) is 0 Å². The summed E-state index contributed by atoms with van der Waals surface area (Å²) in [5.74, 6) is -0.259. The van der Waals surface area contributed by atoms with Crippen molar-refractivity contribution in [2.45, 2.75) is 28.6 Å². The summed E-state index contributed by atoms with van der Waals surface area (Å²) in [6.45, 7) is 0.289. The Bertz CT molecular complexity index is 1400. The lowest BCUT2D eigenvalue weighted by atomic mass is 9.98. The summed E-state index contributed by atoms with van der Waals surface area (Å²) in [5, 5.41) is 0.978. The fourth-order valence-corrected chi connectivity index (χ4v) is 6.32. The molecule has 0 amide bonds.